The van der Waals surface area contributed by atoms with Crippen molar-refractivity contribution in [2.75, 3.05) is 5.32 Å². The predicted molar refractivity (Wildman–Crippen MR) is 127 cm³/mol. The summed E-state index contributed by atoms with van der Waals surface area (Å²) in [4.78, 5) is 38.4. The lowest BCUT2D eigenvalue weighted by Crippen LogP contribution is -2.44. The molecule has 1 aliphatic rings. The molecular formula is C27H22F4N2O4. The molecule has 3 aromatic rings. The summed E-state index contributed by atoms with van der Waals surface area (Å²) in [5, 5.41) is 12.0. The number of carbonyl (C=O) groups excluding carboxylic acids is 2. The van der Waals surface area contributed by atoms with Gasteiger partial charge in [0.1, 0.15) is 11.9 Å². The summed E-state index contributed by atoms with van der Waals surface area (Å²) >= 11 is 0. The SMILES string of the molecule is CC(C)C(C(=O)O)N1Cc2ccc(-c3ccc(NC(=O)c4ccc(F)c(C(F)(F)F)c4)cc3)cc2C1=O. The minimum absolute atomic E-state index is 0.202. The van der Waals surface area contributed by atoms with E-state index in [1.54, 1.807) is 56.3 Å². The highest BCUT2D eigenvalue weighted by molar-refractivity contribution is 6.04. The Kier molecular flexibility index (Phi) is 6.77. The van der Waals surface area contributed by atoms with E-state index in [1.807, 2.05) is 0 Å². The van der Waals surface area contributed by atoms with Crippen molar-refractivity contribution in [1.82, 2.24) is 4.90 Å². The van der Waals surface area contributed by atoms with Crippen molar-refractivity contribution >= 4 is 23.5 Å². The van der Waals surface area contributed by atoms with Crippen LogP contribution < -0.4 is 5.32 Å². The van der Waals surface area contributed by atoms with Gasteiger partial charge in [0.2, 0.25) is 0 Å². The van der Waals surface area contributed by atoms with Crippen LogP contribution in [0.2, 0.25) is 0 Å². The quantitative estimate of drug-likeness (QED) is 0.406. The summed E-state index contributed by atoms with van der Waals surface area (Å²) in [6, 6.07) is 12.7. The Bertz CT molecular complexity index is 1380. The third-order valence-corrected chi connectivity index (χ3v) is 6.17. The summed E-state index contributed by atoms with van der Waals surface area (Å²) in [5.74, 6) is -4.00. The molecule has 1 heterocycles. The number of hydrogen-bond acceptors (Lipinski definition) is 3. The smallest absolute Gasteiger partial charge is 0.419 e. The molecule has 1 unspecified atom stereocenters. The first-order valence-electron chi connectivity index (χ1n) is 11.3. The highest BCUT2D eigenvalue weighted by Crippen LogP contribution is 2.33. The molecule has 4 rings (SSSR count). The molecule has 0 saturated heterocycles. The van der Waals surface area contributed by atoms with Gasteiger partial charge in [0.15, 0.2) is 0 Å². The first kappa shape index (κ1) is 25.9. The molecule has 0 radical (unpaired) electrons. The molecule has 2 N–H and O–H groups in total. The zero-order valence-corrected chi connectivity index (χ0v) is 19.8. The maximum absolute atomic E-state index is 13.5. The summed E-state index contributed by atoms with van der Waals surface area (Å²) < 4.78 is 52.3. The van der Waals surface area contributed by atoms with Crippen LogP contribution in [0.3, 0.4) is 0 Å². The van der Waals surface area contributed by atoms with E-state index in [0.717, 1.165) is 11.6 Å². The van der Waals surface area contributed by atoms with Crippen LogP contribution in [0.1, 0.15) is 45.7 Å². The second kappa shape index (κ2) is 9.68. The number of anilines is 1. The Morgan fingerprint density at radius 3 is 2.22 bits per heavy atom. The molecule has 10 heteroatoms. The van der Waals surface area contributed by atoms with Gasteiger partial charge in [-0.3, -0.25) is 9.59 Å². The molecule has 1 aliphatic heterocycles. The van der Waals surface area contributed by atoms with Crippen molar-refractivity contribution in [1.29, 1.82) is 0 Å². The predicted octanol–water partition coefficient (Wildman–Crippen LogP) is 5.83. The minimum atomic E-state index is -4.93. The molecule has 2 amide bonds. The summed E-state index contributed by atoms with van der Waals surface area (Å²) in [7, 11) is 0. The minimum Gasteiger partial charge on any atom is -0.480 e. The van der Waals surface area contributed by atoms with Crippen LogP contribution in [-0.2, 0) is 17.5 Å². The highest BCUT2D eigenvalue weighted by Gasteiger charge is 2.38. The number of carbonyl (C=O) groups is 3. The molecule has 0 fully saturated rings. The van der Waals surface area contributed by atoms with E-state index in [2.05, 4.69) is 5.32 Å². The number of amides is 2. The van der Waals surface area contributed by atoms with Gasteiger partial charge < -0.3 is 15.3 Å². The Labute approximate surface area is 209 Å². The van der Waals surface area contributed by atoms with E-state index in [9.17, 15) is 37.1 Å². The maximum Gasteiger partial charge on any atom is 0.419 e. The second-order valence-electron chi connectivity index (χ2n) is 9.06. The number of benzene rings is 3. The molecule has 1 atom stereocenters. The van der Waals surface area contributed by atoms with Crippen molar-refractivity contribution < 1.29 is 37.1 Å². The first-order chi connectivity index (χ1) is 17.4. The zero-order chi connectivity index (χ0) is 27.1. The van der Waals surface area contributed by atoms with Gasteiger partial charge >= 0.3 is 12.1 Å². The summed E-state index contributed by atoms with van der Waals surface area (Å²) in [6.45, 7) is 3.69. The Hall–Kier alpha value is -4.21. The van der Waals surface area contributed by atoms with Crippen LogP contribution in [0.25, 0.3) is 11.1 Å². The number of fused-ring (bicyclic) bond motifs is 1. The number of hydrogen-bond donors (Lipinski definition) is 2. The zero-order valence-electron chi connectivity index (χ0n) is 19.8. The van der Waals surface area contributed by atoms with E-state index < -0.39 is 35.5 Å². The molecule has 6 nitrogen and oxygen atoms in total. The van der Waals surface area contributed by atoms with Crippen LogP contribution in [0.15, 0.2) is 60.7 Å². The van der Waals surface area contributed by atoms with E-state index in [0.29, 0.717) is 34.5 Å². The number of nitrogens with zero attached hydrogens (tertiary/aromatic N) is 1. The van der Waals surface area contributed by atoms with Gasteiger partial charge in [0.25, 0.3) is 11.8 Å². The Balaban J connectivity index is 1.51. The molecule has 0 saturated carbocycles. The normalized spacial score (nSPS) is 14.0. The second-order valence-corrected chi connectivity index (χ2v) is 9.06. The first-order valence-corrected chi connectivity index (χ1v) is 11.3. The van der Waals surface area contributed by atoms with Gasteiger partial charge in [0, 0.05) is 23.4 Å². The number of alkyl halides is 3. The molecular weight excluding hydrogens is 492 g/mol. The summed E-state index contributed by atoms with van der Waals surface area (Å²) in [6.07, 6.45) is -4.93. The van der Waals surface area contributed by atoms with Crippen LogP contribution in [0.5, 0.6) is 0 Å². The van der Waals surface area contributed by atoms with Gasteiger partial charge in [-0.15, -0.1) is 0 Å². The fraction of sp³-hybridized carbons (Fsp3) is 0.222. The summed E-state index contributed by atoms with van der Waals surface area (Å²) in [5.41, 5.74) is 0.962. The largest absolute Gasteiger partial charge is 0.480 e. The third kappa shape index (κ3) is 5.18. The number of carboxylic acid groups (broad SMARTS) is 1. The Morgan fingerprint density at radius 1 is 0.973 bits per heavy atom. The van der Waals surface area contributed by atoms with Crippen molar-refractivity contribution in [3.63, 3.8) is 0 Å². The highest BCUT2D eigenvalue weighted by atomic mass is 19.4. The number of carboxylic acids is 1. The van der Waals surface area contributed by atoms with Gasteiger partial charge in [-0.25, -0.2) is 9.18 Å². The van der Waals surface area contributed by atoms with Gasteiger partial charge in [0.05, 0.1) is 5.56 Å². The van der Waals surface area contributed by atoms with E-state index in [-0.39, 0.29) is 23.9 Å². The fourth-order valence-electron chi connectivity index (χ4n) is 4.34. The molecule has 0 aromatic heterocycles. The van der Waals surface area contributed by atoms with Gasteiger partial charge in [-0.1, -0.05) is 38.1 Å². The van der Waals surface area contributed by atoms with Crippen LogP contribution >= 0.6 is 0 Å². The average molecular weight is 514 g/mol. The lowest BCUT2D eigenvalue weighted by atomic mass is 10.00. The monoisotopic (exact) mass is 514 g/mol. The van der Waals surface area contributed by atoms with Crippen molar-refractivity contribution in [2.24, 2.45) is 5.92 Å². The Morgan fingerprint density at radius 2 is 1.62 bits per heavy atom. The fourth-order valence-corrected chi connectivity index (χ4v) is 4.34. The lowest BCUT2D eigenvalue weighted by molar-refractivity contribution is -0.144. The third-order valence-electron chi connectivity index (χ3n) is 6.17. The molecule has 0 bridgehead atoms. The topological polar surface area (TPSA) is 86.7 Å². The van der Waals surface area contributed by atoms with Crippen LogP contribution in [0, 0.1) is 11.7 Å². The standard InChI is InChI=1S/C27H22F4N2O4/c1-14(2)23(26(36)37)33-13-18-4-3-16(11-20(18)25(33)35)15-5-8-19(9-6-15)32-24(34)17-7-10-22(28)21(12-17)27(29,30)31/h3-12,14,23H,13H2,1-2H3,(H,32,34)(H,36,37). The molecule has 192 valence electrons. The van der Waals surface area contributed by atoms with E-state index >= 15 is 0 Å². The molecule has 37 heavy (non-hydrogen) atoms. The van der Waals surface area contributed by atoms with Gasteiger partial charge in [-0.2, -0.15) is 13.2 Å². The van der Waals surface area contributed by atoms with Crippen molar-refractivity contribution in [3.05, 3.63) is 88.7 Å². The number of nitrogens with one attached hydrogen (secondary N) is 1. The van der Waals surface area contributed by atoms with Crippen LogP contribution in [0.4, 0.5) is 23.2 Å². The number of rotatable bonds is 6. The van der Waals surface area contributed by atoms with Crippen molar-refractivity contribution in [3.8, 4) is 11.1 Å². The lowest BCUT2D eigenvalue weighted by Gasteiger charge is -2.27. The van der Waals surface area contributed by atoms with Crippen LogP contribution in [-0.4, -0.2) is 33.8 Å². The molecule has 0 aliphatic carbocycles. The van der Waals surface area contributed by atoms with E-state index in [1.165, 1.54) is 4.90 Å². The van der Waals surface area contributed by atoms with E-state index in [4.69, 9.17) is 0 Å². The molecule has 3 aromatic carbocycles. The number of aliphatic carboxylic acids is 1. The molecule has 0 spiro atoms. The average Bonchev–Trinajstić information content (AvgIpc) is 3.14. The maximum atomic E-state index is 13.5. The number of halogens is 4. The van der Waals surface area contributed by atoms with Gasteiger partial charge in [-0.05, 0) is 59.0 Å². The van der Waals surface area contributed by atoms with Crippen molar-refractivity contribution in [2.45, 2.75) is 32.6 Å².